The van der Waals surface area contributed by atoms with E-state index in [4.69, 9.17) is 20.4 Å². The molecule has 0 aliphatic heterocycles. The second-order valence-corrected chi connectivity index (χ2v) is 9.09. The summed E-state index contributed by atoms with van der Waals surface area (Å²) in [5.41, 5.74) is 2.21. The lowest BCUT2D eigenvalue weighted by molar-refractivity contribution is -0.384. The molecule has 0 heterocycles. The molecule has 0 atom stereocenters. The number of benzene rings is 3. The topological polar surface area (TPSA) is 172 Å². The van der Waals surface area contributed by atoms with Gasteiger partial charge in [-0.05, 0) is 66.9 Å². The van der Waals surface area contributed by atoms with Crippen LogP contribution in [0.15, 0.2) is 60.0 Å². The average Bonchev–Trinajstić information content (AvgIpc) is 2.80. The van der Waals surface area contributed by atoms with E-state index in [0.29, 0.717) is 33.7 Å². The first-order valence-corrected chi connectivity index (χ1v) is 11.5. The molecule has 0 aliphatic rings. The summed E-state index contributed by atoms with van der Waals surface area (Å²) in [6, 6.07) is 15.4. The average molecular weight is 490 g/mol. The number of hydrogen-bond donors (Lipinski definition) is 2. The molecule has 176 valence electrons. The van der Waals surface area contributed by atoms with Crippen molar-refractivity contribution in [1.29, 1.82) is 10.5 Å². The quantitative estimate of drug-likeness (QED) is 0.270. The van der Waals surface area contributed by atoms with E-state index in [9.17, 15) is 18.5 Å². The molecule has 0 radical (unpaired) electrons. The maximum atomic E-state index is 12.3. The molecular weight excluding hydrogens is 470 g/mol. The number of nitro benzene ring substituents is 1. The second-order valence-electron chi connectivity index (χ2n) is 7.56. The SMILES string of the molecule is C=C(C#N)c1cc(C)c(Oc2cc(Nc3ccc(C#N)cc3)c([N+](=O)[O-])cc2S(N)(=O)=O)c(C)c1. The van der Waals surface area contributed by atoms with E-state index in [1.807, 2.05) is 12.1 Å². The Kier molecular flexibility index (Phi) is 6.87. The summed E-state index contributed by atoms with van der Waals surface area (Å²) >= 11 is 0. The van der Waals surface area contributed by atoms with Crippen molar-refractivity contribution in [3.05, 3.63) is 87.5 Å². The summed E-state index contributed by atoms with van der Waals surface area (Å²) in [6.45, 7) is 7.09. The van der Waals surface area contributed by atoms with Crippen LogP contribution in [-0.2, 0) is 10.0 Å². The molecule has 10 nitrogen and oxygen atoms in total. The van der Waals surface area contributed by atoms with Gasteiger partial charge in [0.05, 0.1) is 28.2 Å². The highest BCUT2D eigenvalue weighted by Crippen LogP contribution is 2.40. The minimum absolute atomic E-state index is 0.0492. The van der Waals surface area contributed by atoms with Crippen molar-refractivity contribution < 1.29 is 18.1 Å². The minimum atomic E-state index is -4.41. The first kappa shape index (κ1) is 24.9. The number of nitro groups is 1. The van der Waals surface area contributed by atoms with Crippen LogP contribution in [0.5, 0.6) is 11.5 Å². The third-order valence-electron chi connectivity index (χ3n) is 5.01. The Morgan fingerprint density at radius 1 is 1.11 bits per heavy atom. The minimum Gasteiger partial charge on any atom is -0.455 e. The maximum absolute atomic E-state index is 12.3. The number of ether oxygens (including phenoxy) is 1. The lowest BCUT2D eigenvalue weighted by Gasteiger charge is -2.17. The van der Waals surface area contributed by atoms with Crippen LogP contribution in [0.25, 0.3) is 5.57 Å². The molecule has 0 saturated heterocycles. The van der Waals surface area contributed by atoms with Crippen LogP contribution in [0.2, 0.25) is 0 Å². The van der Waals surface area contributed by atoms with Gasteiger partial charge in [0.1, 0.15) is 22.1 Å². The van der Waals surface area contributed by atoms with Gasteiger partial charge in [-0.25, -0.2) is 13.6 Å². The molecular formula is C24H19N5O5S. The number of hydrogen-bond acceptors (Lipinski definition) is 8. The van der Waals surface area contributed by atoms with Gasteiger partial charge in [0.2, 0.25) is 10.0 Å². The molecule has 0 bridgehead atoms. The zero-order valence-electron chi connectivity index (χ0n) is 18.7. The van der Waals surface area contributed by atoms with Gasteiger partial charge in [0, 0.05) is 17.8 Å². The normalized spacial score (nSPS) is 10.7. The van der Waals surface area contributed by atoms with Crippen molar-refractivity contribution in [2.75, 3.05) is 5.32 Å². The first-order chi connectivity index (χ1) is 16.4. The standard InChI is InChI=1S/C24H19N5O5S/c1-14-8-18(16(3)12-25)9-15(2)24(14)34-22-10-20(28-19-6-4-17(13-26)5-7-19)21(29(30)31)11-23(22)35(27,32)33/h4-11,28H,3H2,1-2H3,(H2,27,32,33). The van der Waals surface area contributed by atoms with Gasteiger partial charge in [0.15, 0.2) is 0 Å². The van der Waals surface area contributed by atoms with Crippen LogP contribution in [0, 0.1) is 46.6 Å². The Hall–Kier alpha value is -4.71. The van der Waals surface area contributed by atoms with E-state index in [1.165, 1.54) is 18.2 Å². The van der Waals surface area contributed by atoms with Crippen LogP contribution in [0.4, 0.5) is 17.1 Å². The number of aryl methyl sites for hydroxylation is 2. The van der Waals surface area contributed by atoms with E-state index in [1.54, 1.807) is 38.1 Å². The Morgan fingerprint density at radius 3 is 2.20 bits per heavy atom. The number of nitrogens with one attached hydrogen (secondary N) is 1. The first-order valence-electron chi connectivity index (χ1n) is 9.95. The predicted molar refractivity (Wildman–Crippen MR) is 130 cm³/mol. The Bertz CT molecular complexity index is 1530. The van der Waals surface area contributed by atoms with E-state index in [-0.39, 0.29) is 17.0 Å². The van der Waals surface area contributed by atoms with E-state index < -0.39 is 25.5 Å². The highest BCUT2D eigenvalue weighted by atomic mass is 32.2. The second kappa shape index (κ2) is 9.65. The number of nitrogens with two attached hydrogens (primary N) is 1. The zero-order chi connectivity index (χ0) is 25.9. The summed E-state index contributed by atoms with van der Waals surface area (Å²) in [5, 5.41) is 38.0. The summed E-state index contributed by atoms with van der Waals surface area (Å²) in [7, 11) is -4.41. The highest BCUT2D eigenvalue weighted by molar-refractivity contribution is 7.89. The van der Waals surface area contributed by atoms with Gasteiger partial charge >= 0.3 is 0 Å². The monoisotopic (exact) mass is 489 g/mol. The Labute approximate surface area is 201 Å². The maximum Gasteiger partial charge on any atom is 0.294 e. The highest BCUT2D eigenvalue weighted by Gasteiger charge is 2.26. The molecule has 0 fully saturated rings. The molecule has 3 aromatic carbocycles. The van der Waals surface area contributed by atoms with Crippen LogP contribution >= 0.6 is 0 Å². The fourth-order valence-electron chi connectivity index (χ4n) is 3.35. The Morgan fingerprint density at radius 2 is 1.71 bits per heavy atom. The van der Waals surface area contributed by atoms with Gasteiger partial charge in [0.25, 0.3) is 5.69 Å². The van der Waals surface area contributed by atoms with Crippen LogP contribution in [-0.4, -0.2) is 13.3 Å². The zero-order valence-corrected chi connectivity index (χ0v) is 19.5. The molecule has 0 spiro atoms. The molecule has 3 rings (SSSR count). The third-order valence-corrected chi connectivity index (χ3v) is 5.95. The largest absolute Gasteiger partial charge is 0.455 e. The Balaban J connectivity index is 2.17. The molecule has 0 aliphatic carbocycles. The molecule has 0 amide bonds. The van der Waals surface area contributed by atoms with Gasteiger partial charge in [-0.15, -0.1) is 0 Å². The number of rotatable bonds is 7. The molecule has 0 unspecified atom stereocenters. The van der Waals surface area contributed by atoms with Gasteiger partial charge in [-0.3, -0.25) is 10.1 Å². The molecule has 0 aromatic heterocycles. The van der Waals surface area contributed by atoms with Gasteiger partial charge < -0.3 is 10.1 Å². The van der Waals surface area contributed by atoms with E-state index >= 15 is 0 Å². The van der Waals surface area contributed by atoms with Crippen LogP contribution in [0.3, 0.4) is 0 Å². The fourth-order valence-corrected chi connectivity index (χ4v) is 4.00. The molecule has 3 N–H and O–H groups in total. The number of anilines is 2. The number of primary sulfonamides is 1. The number of allylic oxidation sites excluding steroid dienone is 1. The van der Waals surface area contributed by atoms with Gasteiger partial charge in [-0.2, -0.15) is 10.5 Å². The number of sulfonamides is 1. The lowest BCUT2D eigenvalue weighted by atomic mass is 10.0. The third kappa shape index (κ3) is 5.45. The summed E-state index contributed by atoms with van der Waals surface area (Å²) in [4.78, 5) is 10.4. The number of nitrogens with zero attached hydrogens (tertiary/aromatic N) is 3. The number of nitriles is 2. The molecule has 11 heteroatoms. The van der Waals surface area contributed by atoms with Crippen molar-refractivity contribution >= 4 is 32.7 Å². The van der Waals surface area contributed by atoms with E-state index in [0.717, 1.165) is 6.07 Å². The van der Waals surface area contributed by atoms with Crippen molar-refractivity contribution in [2.45, 2.75) is 18.7 Å². The molecule has 3 aromatic rings. The summed E-state index contributed by atoms with van der Waals surface area (Å²) in [5.74, 6) is 0.0647. The lowest BCUT2D eigenvalue weighted by Crippen LogP contribution is -2.14. The molecule has 0 saturated carbocycles. The van der Waals surface area contributed by atoms with Crippen LogP contribution in [0.1, 0.15) is 22.3 Å². The van der Waals surface area contributed by atoms with Crippen molar-refractivity contribution in [2.24, 2.45) is 5.14 Å². The molecule has 35 heavy (non-hydrogen) atoms. The predicted octanol–water partition coefficient (Wildman–Crippen LogP) is 4.80. The fraction of sp³-hybridized carbons (Fsp3) is 0.0833. The van der Waals surface area contributed by atoms with Crippen molar-refractivity contribution in [1.82, 2.24) is 0 Å². The summed E-state index contributed by atoms with van der Waals surface area (Å²) < 4.78 is 30.5. The van der Waals surface area contributed by atoms with Crippen molar-refractivity contribution in [3.8, 4) is 23.6 Å². The van der Waals surface area contributed by atoms with E-state index in [2.05, 4.69) is 11.9 Å². The van der Waals surface area contributed by atoms with Crippen molar-refractivity contribution in [3.63, 3.8) is 0 Å². The summed E-state index contributed by atoms with van der Waals surface area (Å²) in [6.07, 6.45) is 0. The van der Waals surface area contributed by atoms with Crippen LogP contribution < -0.4 is 15.2 Å². The smallest absolute Gasteiger partial charge is 0.294 e. The van der Waals surface area contributed by atoms with Gasteiger partial charge in [-0.1, -0.05) is 6.58 Å².